The highest BCUT2D eigenvalue weighted by atomic mass is 32.2. The van der Waals surface area contributed by atoms with Gasteiger partial charge in [0.1, 0.15) is 5.82 Å². The van der Waals surface area contributed by atoms with E-state index in [-0.39, 0.29) is 34.5 Å². The van der Waals surface area contributed by atoms with Gasteiger partial charge in [-0.05, 0) is 48.6 Å². The summed E-state index contributed by atoms with van der Waals surface area (Å²) in [7, 11) is -3.80. The van der Waals surface area contributed by atoms with Crippen molar-refractivity contribution in [2.24, 2.45) is 11.1 Å². The summed E-state index contributed by atoms with van der Waals surface area (Å²) in [6, 6.07) is 12.2. The minimum atomic E-state index is -3.80. The van der Waals surface area contributed by atoms with Crippen LogP contribution < -0.4 is 10.5 Å². The monoisotopic (exact) mass is 362 g/mol. The van der Waals surface area contributed by atoms with Crippen molar-refractivity contribution in [1.29, 1.82) is 0 Å². The summed E-state index contributed by atoms with van der Waals surface area (Å²) in [5, 5.41) is 7.99. The quantitative estimate of drug-likeness (QED) is 0.856. The van der Waals surface area contributed by atoms with Gasteiger partial charge in [-0.15, -0.1) is 0 Å². The standard InChI is InChI=1S/C18H19FN2O3S/c1-11(12-5-4-6-13(9-12)25(20,23)24)21-18(22)16-10-15(16)14-7-2-3-8-17(14)19/h2-9,11,15-16H,10H2,1H3,(H,21,22)(H2,20,23,24)/t11-,15-,16-/m0/s1. The summed E-state index contributed by atoms with van der Waals surface area (Å²) < 4.78 is 36.7. The van der Waals surface area contributed by atoms with Gasteiger partial charge in [-0.3, -0.25) is 4.79 Å². The van der Waals surface area contributed by atoms with Crippen LogP contribution in [0, 0.1) is 11.7 Å². The van der Waals surface area contributed by atoms with Gasteiger partial charge in [0.25, 0.3) is 0 Å². The number of carbonyl (C=O) groups excluding carboxylic acids is 1. The molecule has 1 saturated carbocycles. The fourth-order valence-electron chi connectivity index (χ4n) is 2.97. The maximum atomic E-state index is 13.8. The van der Waals surface area contributed by atoms with Crippen molar-refractivity contribution in [2.45, 2.75) is 30.2 Å². The molecule has 0 aliphatic heterocycles. The van der Waals surface area contributed by atoms with Crippen LogP contribution in [0.3, 0.4) is 0 Å². The lowest BCUT2D eigenvalue weighted by Crippen LogP contribution is -2.28. The first kappa shape index (κ1) is 17.6. The van der Waals surface area contributed by atoms with Crippen molar-refractivity contribution in [2.75, 3.05) is 0 Å². The number of rotatable bonds is 5. The summed E-state index contributed by atoms with van der Waals surface area (Å²) in [4.78, 5) is 12.4. The summed E-state index contributed by atoms with van der Waals surface area (Å²) in [5.74, 6) is -0.830. The summed E-state index contributed by atoms with van der Waals surface area (Å²) in [6.45, 7) is 1.76. The van der Waals surface area contributed by atoms with E-state index in [4.69, 9.17) is 5.14 Å². The molecule has 0 radical (unpaired) electrons. The van der Waals surface area contributed by atoms with Gasteiger partial charge in [0.05, 0.1) is 10.9 Å². The number of nitrogens with two attached hydrogens (primary N) is 1. The Balaban J connectivity index is 1.67. The van der Waals surface area contributed by atoms with Crippen molar-refractivity contribution in [1.82, 2.24) is 5.32 Å². The maximum absolute atomic E-state index is 13.8. The SMILES string of the molecule is C[C@H](NC(=O)[C@H]1C[C@H]1c1ccccc1F)c1cccc(S(N)(=O)=O)c1. The fourth-order valence-corrected chi connectivity index (χ4v) is 3.54. The maximum Gasteiger partial charge on any atom is 0.238 e. The highest BCUT2D eigenvalue weighted by molar-refractivity contribution is 7.89. The lowest BCUT2D eigenvalue weighted by Gasteiger charge is -2.15. The van der Waals surface area contributed by atoms with Gasteiger partial charge in [-0.2, -0.15) is 0 Å². The molecule has 0 saturated heterocycles. The van der Waals surface area contributed by atoms with E-state index >= 15 is 0 Å². The van der Waals surface area contributed by atoms with Gasteiger partial charge < -0.3 is 5.32 Å². The van der Waals surface area contributed by atoms with E-state index in [1.54, 1.807) is 37.3 Å². The molecule has 3 N–H and O–H groups in total. The predicted molar refractivity (Wildman–Crippen MR) is 91.6 cm³/mol. The number of nitrogens with one attached hydrogen (secondary N) is 1. The predicted octanol–water partition coefficient (Wildman–Crippen LogP) is 2.45. The number of sulfonamides is 1. The molecule has 2 aromatic carbocycles. The Morgan fingerprint density at radius 1 is 1.24 bits per heavy atom. The van der Waals surface area contributed by atoms with Gasteiger partial charge in [0, 0.05) is 5.92 Å². The van der Waals surface area contributed by atoms with Gasteiger partial charge in [0.2, 0.25) is 15.9 Å². The second kappa shape index (κ2) is 6.57. The number of carbonyl (C=O) groups is 1. The molecule has 2 aromatic rings. The number of halogens is 1. The van der Waals surface area contributed by atoms with Crippen molar-refractivity contribution in [3.05, 3.63) is 65.5 Å². The van der Waals surface area contributed by atoms with Gasteiger partial charge in [-0.1, -0.05) is 30.3 Å². The molecule has 1 aliphatic rings. The Morgan fingerprint density at radius 2 is 1.96 bits per heavy atom. The van der Waals surface area contributed by atoms with Gasteiger partial charge in [-0.25, -0.2) is 17.9 Å². The largest absolute Gasteiger partial charge is 0.349 e. The average molecular weight is 362 g/mol. The highest BCUT2D eigenvalue weighted by Crippen LogP contribution is 2.48. The third-order valence-corrected chi connectivity index (χ3v) is 5.39. The molecule has 0 spiro atoms. The number of benzene rings is 2. The number of amides is 1. The van der Waals surface area contributed by atoms with Crippen molar-refractivity contribution < 1.29 is 17.6 Å². The molecule has 132 valence electrons. The van der Waals surface area contributed by atoms with E-state index in [0.29, 0.717) is 17.5 Å². The molecule has 3 atom stereocenters. The summed E-state index contributed by atoms with van der Waals surface area (Å²) in [5.41, 5.74) is 1.20. The van der Waals surface area contributed by atoms with Crippen LogP contribution in [-0.2, 0) is 14.8 Å². The van der Waals surface area contributed by atoms with E-state index in [2.05, 4.69) is 5.32 Å². The number of hydrogen-bond acceptors (Lipinski definition) is 3. The van der Waals surface area contributed by atoms with Gasteiger partial charge in [0.15, 0.2) is 0 Å². The van der Waals surface area contributed by atoms with E-state index < -0.39 is 10.0 Å². The first-order chi connectivity index (χ1) is 11.8. The molecule has 5 nitrogen and oxygen atoms in total. The summed E-state index contributed by atoms with van der Waals surface area (Å²) >= 11 is 0. The zero-order chi connectivity index (χ0) is 18.2. The molecule has 0 bridgehead atoms. The van der Waals surface area contributed by atoms with Crippen LogP contribution in [0.5, 0.6) is 0 Å². The Bertz CT molecular complexity index is 914. The minimum absolute atomic E-state index is 0.00162. The average Bonchev–Trinajstić information content (AvgIpc) is 3.35. The molecule has 0 unspecified atom stereocenters. The zero-order valence-electron chi connectivity index (χ0n) is 13.6. The van der Waals surface area contributed by atoms with Crippen LogP contribution in [-0.4, -0.2) is 14.3 Å². The smallest absolute Gasteiger partial charge is 0.238 e. The van der Waals surface area contributed by atoms with Crippen molar-refractivity contribution >= 4 is 15.9 Å². The Hall–Kier alpha value is -2.25. The van der Waals surface area contributed by atoms with E-state index in [0.717, 1.165) is 0 Å². The third-order valence-electron chi connectivity index (χ3n) is 4.48. The Morgan fingerprint density at radius 3 is 2.64 bits per heavy atom. The lowest BCUT2D eigenvalue weighted by atomic mass is 10.1. The topological polar surface area (TPSA) is 89.3 Å². The van der Waals surface area contributed by atoms with Crippen LogP contribution in [0.4, 0.5) is 4.39 Å². The van der Waals surface area contributed by atoms with Crippen molar-refractivity contribution in [3.8, 4) is 0 Å². The molecule has 1 fully saturated rings. The Kier molecular flexibility index (Phi) is 4.62. The van der Waals surface area contributed by atoms with Crippen LogP contribution in [0.15, 0.2) is 53.4 Å². The molecular formula is C18H19FN2O3S. The molecule has 3 rings (SSSR count). The van der Waals surface area contributed by atoms with Crippen molar-refractivity contribution in [3.63, 3.8) is 0 Å². The molecule has 1 amide bonds. The lowest BCUT2D eigenvalue weighted by molar-refractivity contribution is -0.123. The second-order valence-corrected chi connectivity index (χ2v) is 7.88. The molecule has 0 heterocycles. The van der Waals surface area contributed by atoms with E-state index in [1.807, 2.05) is 0 Å². The highest BCUT2D eigenvalue weighted by Gasteiger charge is 2.45. The molecular weight excluding hydrogens is 343 g/mol. The molecule has 7 heteroatoms. The van der Waals surface area contributed by atoms with E-state index in [1.165, 1.54) is 18.2 Å². The first-order valence-corrected chi connectivity index (χ1v) is 9.49. The summed E-state index contributed by atoms with van der Waals surface area (Å²) in [6.07, 6.45) is 0.608. The first-order valence-electron chi connectivity index (χ1n) is 7.95. The fraction of sp³-hybridized carbons (Fsp3) is 0.278. The van der Waals surface area contributed by atoms with E-state index in [9.17, 15) is 17.6 Å². The zero-order valence-corrected chi connectivity index (χ0v) is 14.5. The van der Waals surface area contributed by atoms with Crippen LogP contribution in [0.25, 0.3) is 0 Å². The van der Waals surface area contributed by atoms with Crippen LogP contribution in [0.2, 0.25) is 0 Å². The molecule has 25 heavy (non-hydrogen) atoms. The normalized spacial score (nSPS) is 20.8. The minimum Gasteiger partial charge on any atom is -0.349 e. The number of primary sulfonamides is 1. The second-order valence-electron chi connectivity index (χ2n) is 6.32. The van der Waals surface area contributed by atoms with Gasteiger partial charge >= 0.3 is 0 Å². The third kappa shape index (κ3) is 3.88. The number of hydrogen-bond donors (Lipinski definition) is 2. The molecule has 1 aliphatic carbocycles. The van der Waals surface area contributed by atoms with Crippen LogP contribution in [0.1, 0.15) is 36.4 Å². The molecule has 0 aromatic heterocycles. The Labute approximate surface area is 146 Å². The van der Waals surface area contributed by atoms with Crippen LogP contribution >= 0.6 is 0 Å².